The van der Waals surface area contributed by atoms with Crippen LogP contribution in [0.4, 0.5) is 0 Å². The maximum atomic E-state index is 9.26. The van der Waals surface area contributed by atoms with E-state index in [1.165, 1.54) is 18.7 Å². The van der Waals surface area contributed by atoms with Crippen LogP contribution in [-0.2, 0) is 36.4 Å². The van der Waals surface area contributed by atoms with Crippen molar-refractivity contribution in [3.05, 3.63) is 0 Å². The molecule has 1 aliphatic rings. The molecular formula is C14H29KO7S2. The molecule has 0 radical (unpaired) electrons. The Morgan fingerprint density at radius 2 is 1.54 bits per heavy atom. The van der Waals surface area contributed by atoms with Crippen LogP contribution in [-0.4, -0.2) is 92.9 Å². The van der Waals surface area contributed by atoms with Crippen LogP contribution in [0.3, 0.4) is 0 Å². The molecule has 0 bridgehead atoms. The Balaban J connectivity index is -0.000000331. The molecule has 0 aliphatic carbocycles. The second kappa shape index (κ2) is 22.7. The van der Waals surface area contributed by atoms with Gasteiger partial charge in [0.2, 0.25) is 0 Å². The number of methoxy groups -OCH3 is 3. The number of aliphatic hydroxyl groups is 2. The third kappa shape index (κ3) is 31.4. The van der Waals surface area contributed by atoms with E-state index >= 15 is 0 Å². The molecule has 140 valence electrons. The van der Waals surface area contributed by atoms with E-state index in [0.717, 1.165) is 13.2 Å². The molecule has 1 heterocycles. The first kappa shape index (κ1) is 30.4. The Bertz CT molecular complexity index is 256. The van der Waals surface area contributed by atoms with Crippen LogP contribution in [0.1, 0.15) is 6.92 Å². The molecule has 1 aliphatic heterocycles. The van der Waals surface area contributed by atoms with Crippen LogP contribution in [0.15, 0.2) is 0 Å². The summed E-state index contributed by atoms with van der Waals surface area (Å²) in [5.41, 5.74) is 0. The molecule has 2 N–H and O–H groups in total. The zero-order valence-electron chi connectivity index (χ0n) is 15.2. The predicted molar refractivity (Wildman–Crippen MR) is 92.8 cm³/mol. The van der Waals surface area contributed by atoms with E-state index in [2.05, 4.69) is 12.6 Å². The minimum Gasteiger partial charge on any atom is -0.742 e. The van der Waals surface area contributed by atoms with Crippen molar-refractivity contribution in [2.45, 2.75) is 25.2 Å². The topological polar surface area (TPSA) is 97.8 Å². The van der Waals surface area contributed by atoms with Gasteiger partial charge in [0.1, 0.15) is 6.10 Å². The van der Waals surface area contributed by atoms with E-state index in [4.69, 9.17) is 18.9 Å². The second-order valence-electron chi connectivity index (χ2n) is 4.66. The van der Waals surface area contributed by atoms with Crippen LogP contribution in [0.5, 0.6) is 0 Å². The number of hydrogen-bond donors (Lipinski definition) is 2. The zero-order chi connectivity index (χ0) is 18.1. The normalized spacial score (nSPS) is 17.2. The number of carbonyl (C=O) groups is 1. The van der Waals surface area contributed by atoms with Crippen molar-refractivity contribution in [3.63, 3.8) is 0 Å². The van der Waals surface area contributed by atoms with Crippen molar-refractivity contribution in [2.24, 2.45) is 0 Å². The fourth-order valence-electron chi connectivity index (χ4n) is 1.17. The Labute approximate surface area is 197 Å². The van der Waals surface area contributed by atoms with Crippen molar-refractivity contribution >= 4 is 29.5 Å². The molecule has 3 unspecified atom stereocenters. The molecule has 0 aromatic rings. The summed E-state index contributed by atoms with van der Waals surface area (Å²) < 4.78 is 19.1. The summed E-state index contributed by atoms with van der Waals surface area (Å²) in [6.45, 7) is 3.68. The largest absolute Gasteiger partial charge is 1.00 e. The standard InChI is InChI=1S/C8H18O4S.C4H8O2.C2H4OS.K/c1-11-3-7(9)5-13-6-8(10)4-12-2;1-5-2-4-3-6-4;1-2(3)4;/h7-10H,3-6H2,1-2H3;4H,2-3H2,1H3;1H3,(H,3,4);/q;;;+1/p-1. The first-order chi connectivity index (χ1) is 10.9. The van der Waals surface area contributed by atoms with E-state index < -0.39 is 12.2 Å². The summed E-state index contributed by atoms with van der Waals surface area (Å²) in [6.07, 6.45) is -0.482. The SMILES string of the molecule is CC(=O)[S-].COCC(O)CSCC(O)COC.COCC1CO1.[K+]. The van der Waals surface area contributed by atoms with Crippen LogP contribution in [0.2, 0.25) is 0 Å². The Kier molecular flexibility index (Phi) is 28.7. The number of rotatable bonds is 10. The first-order valence-electron chi connectivity index (χ1n) is 7.07. The van der Waals surface area contributed by atoms with E-state index in [-0.39, 0.29) is 56.5 Å². The molecule has 0 spiro atoms. The van der Waals surface area contributed by atoms with Gasteiger partial charge in [0.25, 0.3) is 0 Å². The van der Waals surface area contributed by atoms with Gasteiger partial charge >= 0.3 is 51.4 Å². The fraction of sp³-hybridized carbons (Fsp3) is 0.929. The van der Waals surface area contributed by atoms with Crippen LogP contribution < -0.4 is 51.4 Å². The van der Waals surface area contributed by atoms with Crippen LogP contribution in [0, 0.1) is 0 Å². The summed E-state index contributed by atoms with van der Waals surface area (Å²) in [5.74, 6) is 1.16. The number of ether oxygens (including phenoxy) is 4. The average molecular weight is 413 g/mol. The fourth-order valence-corrected chi connectivity index (χ4v) is 2.04. The summed E-state index contributed by atoms with van der Waals surface area (Å²) >= 11 is 5.47. The van der Waals surface area contributed by atoms with Crippen LogP contribution >= 0.6 is 11.8 Å². The van der Waals surface area contributed by atoms with Gasteiger partial charge in [-0.2, -0.15) is 11.8 Å². The van der Waals surface area contributed by atoms with E-state index in [9.17, 15) is 15.0 Å². The molecule has 10 heteroatoms. The summed E-state index contributed by atoms with van der Waals surface area (Å²) in [6, 6.07) is 0. The third-order valence-electron chi connectivity index (χ3n) is 2.09. The Morgan fingerprint density at radius 3 is 1.75 bits per heavy atom. The monoisotopic (exact) mass is 412 g/mol. The second-order valence-corrected chi connectivity index (χ2v) is 6.31. The van der Waals surface area contributed by atoms with Gasteiger partial charge in [-0.15, -0.1) is 0 Å². The van der Waals surface area contributed by atoms with Crippen molar-refractivity contribution in [3.8, 4) is 0 Å². The zero-order valence-corrected chi connectivity index (χ0v) is 20.0. The molecule has 7 nitrogen and oxygen atoms in total. The molecule has 0 saturated carbocycles. The molecule has 1 fully saturated rings. The van der Waals surface area contributed by atoms with Gasteiger partial charge in [0, 0.05) is 38.0 Å². The van der Waals surface area contributed by atoms with Crippen molar-refractivity contribution in [1.29, 1.82) is 0 Å². The average Bonchev–Trinajstić information content (AvgIpc) is 3.24. The first-order valence-corrected chi connectivity index (χ1v) is 8.63. The van der Waals surface area contributed by atoms with Crippen molar-refractivity contribution in [1.82, 2.24) is 0 Å². The summed E-state index contributed by atoms with van der Waals surface area (Å²) in [5, 5.41) is 18.2. The molecule has 24 heavy (non-hydrogen) atoms. The molecule has 1 rings (SSSR count). The van der Waals surface area contributed by atoms with Crippen molar-refractivity contribution in [2.75, 3.05) is 59.3 Å². The van der Waals surface area contributed by atoms with Gasteiger partial charge in [-0.05, 0) is 6.92 Å². The Morgan fingerprint density at radius 1 is 1.17 bits per heavy atom. The van der Waals surface area contributed by atoms with Gasteiger partial charge < -0.3 is 46.6 Å². The number of aliphatic hydroxyl groups excluding tert-OH is 2. The number of thioether (sulfide) groups is 1. The van der Waals surface area contributed by atoms with Gasteiger partial charge in [-0.25, -0.2) is 0 Å². The smallest absolute Gasteiger partial charge is 0.742 e. The molecule has 0 amide bonds. The minimum absolute atomic E-state index is 0. The molecule has 1 saturated heterocycles. The maximum absolute atomic E-state index is 9.26. The van der Waals surface area contributed by atoms with Gasteiger partial charge in [0.05, 0.1) is 38.6 Å². The minimum atomic E-state index is -0.454. The van der Waals surface area contributed by atoms with E-state index in [1.54, 1.807) is 21.3 Å². The van der Waals surface area contributed by atoms with Crippen LogP contribution in [0.25, 0.3) is 0 Å². The van der Waals surface area contributed by atoms with Crippen molar-refractivity contribution < 1.29 is 85.3 Å². The number of hydrogen-bond acceptors (Lipinski definition) is 9. The molecular weight excluding hydrogens is 383 g/mol. The predicted octanol–water partition coefficient (Wildman–Crippen LogP) is -3.15. The molecule has 0 aromatic carbocycles. The molecule has 0 aromatic heterocycles. The maximum Gasteiger partial charge on any atom is 1.00 e. The van der Waals surface area contributed by atoms with Gasteiger partial charge in [0.15, 0.2) is 0 Å². The van der Waals surface area contributed by atoms with Gasteiger partial charge in [-0.1, -0.05) is 0 Å². The van der Waals surface area contributed by atoms with E-state index in [0.29, 0.717) is 30.8 Å². The number of epoxide rings is 1. The third-order valence-corrected chi connectivity index (χ3v) is 3.33. The van der Waals surface area contributed by atoms with Gasteiger partial charge in [-0.3, -0.25) is 0 Å². The molecule has 3 atom stereocenters. The number of carbonyl (C=O) groups excluding carboxylic acids is 1. The Hall–Kier alpha value is 1.64. The van der Waals surface area contributed by atoms with E-state index in [1.807, 2.05) is 0 Å². The quantitative estimate of drug-likeness (QED) is 0.219. The summed E-state index contributed by atoms with van der Waals surface area (Å²) in [4.78, 5) is 9.26. The summed E-state index contributed by atoms with van der Waals surface area (Å²) in [7, 11) is 4.78.